The standard InChI is InChI=1S/C12H20N2O3S/c1-9-7-14(8-10(9)11(15)16)12(17)13-3-2-5-18-6-4-13/h9-10H,2-8H2,1H3,(H,15,16). The average Bonchev–Trinajstić information content (AvgIpc) is 2.56. The Kier molecular flexibility index (Phi) is 4.37. The molecule has 0 aromatic rings. The van der Waals surface area contributed by atoms with Crippen LogP contribution in [0, 0.1) is 11.8 Å². The molecule has 0 spiro atoms. The summed E-state index contributed by atoms with van der Waals surface area (Å²) in [5.74, 6) is 0.947. The summed E-state index contributed by atoms with van der Waals surface area (Å²) in [7, 11) is 0. The van der Waals surface area contributed by atoms with E-state index in [4.69, 9.17) is 5.11 Å². The molecule has 1 N–H and O–H groups in total. The summed E-state index contributed by atoms with van der Waals surface area (Å²) in [5, 5.41) is 9.08. The maximum absolute atomic E-state index is 12.3. The minimum Gasteiger partial charge on any atom is -0.481 e. The monoisotopic (exact) mass is 272 g/mol. The number of carboxylic acid groups (broad SMARTS) is 1. The Bertz CT molecular complexity index is 329. The van der Waals surface area contributed by atoms with Crippen molar-refractivity contribution >= 4 is 23.8 Å². The minimum atomic E-state index is -0.788. The molecule has 2 fully saturated rings. The lowest BCUT2D eigenvalue weighted by Crippen LogP contribution is -2.43. The molecule has 0 radical (unpaired) electrons. The van der Waals surface area contributed by atoms with Gasteiger partial charge in [0.05, 0.1) is 5.92 Å². The fourth-order valence-electron chi connectivity index (χ4n) is 2.58. The first-order valence-corrected chi connectivity index (χ1v) is 7.59. The van der Waals surface area contributed by atoms with Gasteiger partial charge in [0.15, 0.2) is 0 Å². The summed E-state index contributed by atoms with van der Waals surface area (Å²) >= 11 is 1.88. The number of thioether (sulfide) groups is 1. The van der Waals surface area contributed by atoms with Crippen molar-refractivity contribution in [2.45, 2.75) is 13.3 Å². The van der Waals surface area contributed by atoms with Crippen LogP contribution in [0.25, 0.3) is 0 Å². The third-order valence-electron chi connectivity index (χ3n) is 3.69. The van der Waals surface area contributed by atoms with E-state index < -0.39 is 11.9 Å². The van der Waals surface area contributed by atoms with Gasteiger partial charge in [-0.1, -0.05) is 6.92 Å². The van der Waals surface area contributed by atoms with Gasteiger partial charge in [-0.3, -0.25) is 4.79 Å². The number of rotatable bonds is 1. The minimum absolute atomic E-state index is 0.0214. The van der Waals surface area contributed by atoms with Crippen molar-refractivity contribution < 1.29 is 14.7 Å². The van der Waals surface area contributed by atoms with Gasteiger partial charge in [0.25, 0.3) is 0 Å². The Labute approximate surface area is 112 Å². The van der Waals surface area contributed by atoms with E-state index >= 15 is 0 Å². The lowest BCUT2D eigenvalue weighted by atomic mass is 9.99. The van der Waals surface area contributed by atoms with Gasteiger partial charge < -0.3 is 14.9 Å². The largest absolute Gasteiger partial charge is 0.481 e. The molecule has 18 heavy (non-hydrogen) atoms. The lowest BCUT2D eigenvalue weighted by molar-refractivity contribution is -0.142. The van der Waals surface area contributed by atoms with Gasteiger partial charge in [-0.15, -0.1) is 0 Å². The van der Waals surface area contributed by atoms with Crippen LogP contribution in [0.1, 0.15) is 13.3 Å². The van der Waals surface area contributed by atoms with Crippen LogP contribution in [0.4, 0.5) is 4.79 Å². The molecule has 0 bridgehead atoms. The van der Waals surface area contributed by atoms with Gasteiger partial charge in [-0.2, -0.15) is 11.8 Å². The van der Waals surface area contributed by atoms with E-state index in [9.17, 15) is 9.59 Å². The number of hydrogen-bond donors (Lipinski definition) is 1. The topological polar surface area (TPSA) is 60.9 Å². The highest BCUT2D eigenvalue weighted by Gasteiger charge is 2.38. The van der Waals surface area contributed by atoms with E-state index in [0.717, 1.165) is 31.0 Å². The van der Waals surface area contributed by atoms with Gasteiger partial charge in [0.2, 0.25) is 0 Å². The Balaban J connectivity index is 1.95. The Morgan fingerprint density at radius 3 is 2.61 bits per heavy atom. The molecule has 0 aliphatic carbocycles. The van der Waals surface area contributed by atoms with Gasteiger partial charge in [0, 0.05) is 31.9 Å². The second-order valence-electron chi connectivity index (χ2n) is 5.06. The van der Waals surface area contributed by atoms with E-state index in [2.05, 4.69) is 0 Å². The molecule has 2 saturated heterocycles. The molecule has 2 aliphatic rings. The zero-order valence-corrected chi connectivity index (χ0v) is 11.5. The third-order valence-corrected chi connectivity index (χ3v) is 4.74. The van der Waals surface area contributed by atoms with Crippen LogP contribution in [0.2, 0.25) is 0 Å². The molecule has 0 aromatic heterocycles. The normalized spacial score (nSPS) is 29.2. The average molecular weight is 272 g/mol. The Morgan fingerprint density at radius 2 is 1.94 bits per heavy atom. The van der Waals surface area contributed by atoms with Gasteiger partial charge >= 0.3 is 12.0 Å². The lowest BCUT2D eigenvalue weighted by Gasteiger charge is -2.26. The molecule has 2 amide bonds. The molecular formula is C12H20N2O3S. The molecule has 0 aromatic carbocycles. The number of urea groups is 1. The second kappa shape index (κ2) is 5.82. The highest BCUT2D eigenvalue weighted by atomic mass is 32.2. The van der Waals surface area contributed by atoms with Gasteiger partial charge in [-0.05, 0) is 18.1 Å². The van der Waals surface area contributed by atoms with E-state index in [1.807, 2.05) is 23.6 Å². The third kappa shape index (κ3) is 2.91. The number of likely N-dealkylation sites (tertiary alicyclic amines) is 1. The number of carbonyl (C=O) groups is 2. The summed E-state index contributed by atoms with van der Waals surface area (Å²) in [6, 6.07) is 0.0214. The van der Waals surface area contributed by atoms with Crippen molar-refractivity contribution in [3.8, 4) is 0 Å². The summed E-state index contributed by atoms with van der Waals surface area (Å²) in [4.78, 5) is 27.0. The number of hydrogen-bond acceptors (Lipinski definition) is 3. The van der Waals surface area contributed by atoms with Crippen LogP contribution < -0.4 is 0 Å². The molecular weight excluding hydrogens is 252 g/mol. The molecule has 102 valence electrons. The Hall–Kier alpha value is -0.910. The van der Waals surface area contributed by atoms with Crippen LogP contribution in [-0.4, -0.2) is 64.6 Å². The number of carbonyl (C=O) groups excluding carboxylic acids is 1. The van der Waals surface area contributed by atoms with Crippen molar-refractivity contribution in [2.24, 2.45) is 11.8 Å². The second-order valence-corrected chi connectivity index (χ2v) is 6.29. The van der Waals surface area contributed by atoms with E-state index in [1.54, 1.807) is 4.90 Å². The van der Waals surface area contributed by atoms with Crippen molar-refractivity contribution in [2.75, 3.05) is 37.7 Å². The van der Waals surface area contributed by atoms with Crippen molar-refractivity contribution in [1.29, 1.82) is 0 Å². The molecule has 5 nitrogen and oxygen atoms in total. The quantitative estimate of drug-likeness (QED) is 0.779. The number of carboxylic acids is 1. The summed E-state index contributed by atoms with van der Waals surface area (Å²) < 4.78 is 0. The first-order valence-electron chi connectivity index (χ1n) is 6.44. The summed E-state index contributed by atoms with van der Waals surface area (Å²) in [6.07, 6.45) is 1.03. The smallest absolute Gasteiger partial charge is 0.320 e. The van der Waals surface area contributed by atoms with E-state index in [-0.39, 0.29) is 11.9 Å². The summed E-state index contributed by atoms with van der Waals surface area (Å²) in [6.45, 7) is 4.42. The first kappa shape index (κ1) is 13.5. The van der Waals surface area contributed by atoms with Gasteiger partial charge in [0.1, 0.15) is 0 Å². The molecule has 6 heteroatoms. The predicted octanol–water partition coefficient (Wildman–Crippen LogP) is 1.20. The van der Waals surface area contributed by atoms with Crippen molar-refractivity contribution in [1.82, 2.24) is 9.80 Å². The first-order chi connectivity index (χ1) is 8.59. The van der Waals surface area contributed by atoms with Crippen LogP contribution >= 0.6 is 11.8 Å². The molecule has 2 heterocycles. The predicted molar refractivity (Wildman–Crippen MR) is 70.8 cm³/mol. The Morgan fingerprint density at radius 1 is 1.17 bits per heavy atom. The molecule has 0 saturated carbocycles. The molecule has 2 unspecified atom stereocenters. The fraction of sp³-hybridized carbons (Fsp3) is 0.833. The highest BCUT2D eigenvalue weighted by Crippen LogP contribution is 2.24. The number of amides is 2. The zero-order valence-electron chi connectivity index (χ0n) is 10.7. The number of nitrogens with zero attached hydrogens (tertiary/aromatic N) is 2. The van der Waals surface area contributed by atoms with Crippen LogP contribution in [-0.2, 0) is 4.79 Å². The van der Waals surface area contributed by atoms with E-state index in [0.29, 0.717) is 13.1 Å². The number of aliphatic carboxylic acids is 1. The van der Waals surface area contributed by atoms with Crippen LogP contribution in [0.5, 0.6) is 0 Å². The maximum Gasteiger partial charge on any atom is 0.320 e. The molecule has 2 rings (SSSR count). The van der Waals surface area contributed by atoms with Crippen LogP contribution in [0.3, 0.4) is 0 Å². The maximum atomic E-state index is 12.3. The van der Waals surface area contributed by atoms with Crippen LogP contribution in [0.15, 0.2) is 0 Å². The summed E-state index contributed by atoms with van der Waals surface area (Å²) in [5.41, 5.74) is 0. The highest BCUT2D eigenvalue weighted by molar-refractivity contribution is 7.99. The fourth-order valence-corrected chi connectivity index (χ4v) is 3.47. The van der Waals surface area contributed by atoms with Gasteiger partial charge in [-0.25, -0.2) is 4.79 Å². The van der Waals surface area contributed by atoms with Crippen molar-refractivity contribution in [3.63, 3.8) is 0 Å². The van der Waals surface area contributed by atoms with E-state index in [1.165, 1.54) is 0 Å². The zero-order chi connectivity index (χ0) is 13.1. The SMILES string of the molecule is CC1CN(C(=O)N2CCCSCC2)CC1C(=O)O. The molecule has 2 aliphatic heterocycles. The van der Waals surface area contributed by atoms with Crippen molar-refractivity contribution in [3.05, 3.63) is 0 Å². The molecule has 2 atom stereocenters.